The summed E-state index contributed by atoms with van der Waals surface area (Å²) in [5.74, 6) is 0.606. The van der Waals surface area contributed by atoms with Gasteiger partial charge in [-0.05, 0) is 29.7 Å². The first-order valence-corrected chi connectivity index (χ1v) is 9.30. The minimum atomic E-state index is -0.970. The summed E-state index contributed by atoms with van der Waals surface area (Å²) < 4.78 is 5.31. The number of hydrogen-bond donors (Lipinski definition) is 3. The molecule has 2 aliphatic heterocycles. The molecule has 2 aromatic rings. The fourth-order valence-corrected chi connectivity index (χ4v) is 4.08. The van der Waals surface area contributed by atoms with E-state index in [1.807, 2.05) is 54.6 Å². The molecular weight excluding hydrogens is 342 g/mol. The first kappa shape index (κ1) is 18.0. The highest BCUT2D eigenvalue weighted by Crippen LogP contribution is 2.35. The molecule has 0 aromatic heterocycles. The number of benzene rings is 2. The van der Waals surface area contributed by atoms with Gasteiger partial charge in [-0.25, -0.2) is 5.43 Å². The van der Waals surface area contributed by atoms with Crippen LogP contribution in [-0.4, -0.2) is 42.7 Å². The summed E-state index contributed by atoms with van der Waals surface area (Å²) >= 11 is 0. The molecule has 3 N–H and O–H groups in total. The summed E-state index contributed by atoms with van der Waals surface area (Å²) in [5.41, 5.74) is 7.24. The Balaban J connectivity index is 1.51. The van der Waals surface area contributed by atoms with Crippen LogP contribution in [0.25, 0.3) is 0 Å². The Hall–Kier alpha value is -2.41. The number of β-amino-alcohol motifs (C(OH)–C–C–N with tert-alkyl or cyclic N) is 1. The van der Waals surface area contributed by atoms with Crippen LogP contribution in [0.5, 0.6) is 5.75 Å². The third-order valence-electron chi connectivity index (χ3n) is 5.62. The molecule has 0 saturated carbocycles. The van der Waals surface area contributed by atoms with Gasteiger partial charge in [0.25, 0.3) is 0 Å². The van der Waals surface area contributed by atoms with Crippen LogP contribution in [0.1, 0.15) is 23.6 Å². The van der Waals surface area contributed by atoms with Crippen molar-refractivity contribution < 1.29 is 14.6 Å². The zero-order chi connectivity index (χ0) is 18.9. The smallest absolute Gasteiger partial charge is 0.229 e. The Morgan fingerprint density at radius 2 is 2.04 bits per heavy atom. The van der Waals surface area contributed by atoms with Gasteiger partial charge >= 0.3 is 0 Å². The molecule has 2 fully saturated rings. The normalized spacial score (nSPS) is 27.7. The predicted molar refractivity (Wildman–Crippen MR) is 102 cm³/mol. The van der Waals surface area contributed by atoms with Crippen molar-refractivity contribution >= 4 is 5.91 Å². The first-order chi connectivity index (χ1) is 13.1. The van der Waals surface area contributed by atoms with Gasteiger partial charge in [-0.3, -0.25) is 10.2 Å². The molecule has 27 heavy (non-hydrogen) atoms. The summed E-state index contributed by atoms with van der Waals surface area (Å²) in [7, 11) is 1.64. The average molecular weight is 367 g/mol. The number of aliphatic hydroxyl groups is 1. The maximum absolute atomic E-state index is 13.2. The number of methoxy groups -OCH3 is 1. The summed E-state index contributed by atoms with van der Waals surface area (Å²) in [6.07, 6.45) is 0.556. The summed E-state index contributed by atoms with van der Waals surface area (Å²) in [6, 6.07) is 17.3. The number of nitrogens with zero attached hydrogens (tertiary/aromatic N) is 1. The lowest BCUT2D eigenvalue weighted by Gasteiger charge is -2.27. The van der Waals surface area contributed by atoms with Crippen molar-refractivity contribution in [2.75, 3.05) is 26.7 Å². The molecule has 2 aliphatic rings. The summed E-state index contributed by atoms with van der Waals surface area (Å²) in [4.78, 5) is 15.0. The Morgan fingerprint density at radius 1 is 1.22 bits per heavy atom. The minimum absolute atomic E-state index is 0.0622. The zero-order valence-electron chi connectivity index (χ0n) is 15.4. The molecule has 142 valence electrons. The number of likely N-dealkylation sites (tertiary alicyclic amines) is 1. The molecule has 2 saturated heterocycles. The molecule has 6 heteroatoms. The number of carbonyl (C=O) groups excluding carboxylic acids is 1. The van der Waals surface area contributed by atoms with Crippen molar-refractivity contribution in [2.45, 2.75) is 18.1 Å². The van der Waals surface area contributed by atoms with Crippen LogP contribution in [0.2, 0.25) is 0 Å². The molecule has 3 unspecified atom stereocenters. The number of ether oxygens (including phenoxy) is 1. The average Bonchev–Trinajstić information content (AvgIpc) is 3.36. The molecule has 3 atom stereocenters. The van der Waals surface area contributed by atoms with E-state index < -0.39 is 5.60 Å². The molecule has 2 aromatic carbocycles. The molecule has 2 heterocycles. The largest absolute Gasteiger partial charge is 0.497 e. The van der Waals surface area contributed by atoms with Gasteiger partial charge in [-0.15, -0.1) is 0 Å². The van der Waals surface area contributed by atoms with Crippen molar-refractivity contribution in [3.63, 3.8) is 0 Å². The number of hydrazine groups is 1. The molecule has 1 amide bonds. The summed E-state index contributed by atoms with van der Waals surface area (Å²) in [5, 5.41) is 11.0. The second-order valence-corrected chi connectivity index (χ2v) is 7.29. The van der Waals surface area contributed by atoms with Gasteiger partial charge < -0.3 is 14.7 Å². The second-order valence-electron chi connectivity index (χ2n) is 7.29. The molecule has 0 bridgehead atoms. The highest BCUT2D eigenvalue weighted by Gasteiger charge is 2.44. The topological polar surface area (TPSA) is 73.8 Å². The molecule has 0 aliphatic carbocycles. The van der Waals surface area contributed by atoms with Crippen LogP contribution in [0.15, 0.2) is 54.6 Å². The van der Waals surface area contributed by atoms with Crippen molar-refractivity contribution in [3.8, 4) is 5.75 Å². The lowest BCUT2D eigenvalue weighted by Crippen LogP contribution is -2.40. The van der Waals surface area contributed by atoms with Crippen molar-refractivity contribution in [1.82, 2.24) is 15.8 Å². The first-order valence-electron chi connectivity index (χ1n) is 9.30. The number of rotatable bonds is 4. The Bertz CT molecular complexity index is 813. The van der Waals surface area contributed by atoms with Crippen LogP contribution in [-0.2, 0) is 10.4 Å². The zero-order valence-corrected chi connectivity index (χ0v) is 15.4. The van der Waals surface area contributed by atoms with E-state index in [0.29, 0.717) is 26.1 Å². The third-order valence-corrected chi connectivity index (χ3v) is 5.62. The van der Waals surface area contributed by atoms with E-state index in [1.54, 1.807) is 12.0 Å². The summed E-state index contributed by atoms with van der Waals surface area (Å²) in [6.45, 7) is 1.45. The van der Waals surface area contributed by atoms with Gasteiger partial charge in [-0.2, -0.15) is 0 Å². The fraction of sp³-hybridized carbons (Fsp3) is 0.381. The third kappa shape index (κ3) is 3.43. The maximum Gasteiger partial charge on any atom is 0.229 e. The van der Waals surface area contributed by atoms with Crippen LogP contribution in [0, 0.1) is 5.92 Å². The van der Waals surface area contributed by atoms with Crippen LogP contribution >= 0.6 is 0 Å². The SMILES string of the molecule is COc1cccc(C2NNCC2C(=O)N2CCC(O)(c3ccccc3)C2)c1. The van der Waals surface area contributed by atoms with Crippen LogP contribution in [0.3, 0.4) is 0 Å². The van der Waals surface area contributed by atoms with E-state index in [0.717, 1.165) is 16.9 Å². The Kier molecular flexibility index (Phi) is 4.86. The van der Waals surface area contributed by atoms with E-state index in [9.17, 15) is 9.90 Å². The van der Waals surface area contributed by atoms with E-state index in [-0.39, 0.29) is 17.9 Å². The van der Waals surface area contributed by atoms with Gasteiger partial charge in [0.15, 0.2) is 0 Å². The lowest BCUT2D eigenvalue weighted by molar-refractivity contribution is -0.135. The fourth-order valence-electron chi connectivity index (χ4n) is 4.08. The van der Waals surface area contributed by atoms with Crippen molar-refractivity contribution in [3.05, 3.63) is 65.7 Å². The van der Waals surface area contributed by atoms with E-state index in [2.05, 4.69) is 10.9 Å². The van der Waals surface area contributed by atoms with Crippen LogP contribution < -0.4 is 15.6 Å². The van der Waals surface area contributed by atoms with Gasteiger partial charge in [0.05, 0.1) is 25.6 Å². The van der Waals surface area contributed by atoms with Gasteiger partial charge in [0.2, 0.25) is 5.91 Å². The van der Waals surface area contributed by atoms with Crippen molar-refractivity contribution in [2.24, 2.45) is 5.92 Å². The molecule has 4 rings (SSSR count). The Morgan fingerprint density at radius 3 is 2.81 bits per heavy atom. The monoisotopic (exact) mass is 367 g/mol. The molecular formula is C21H25N3O3. The van der Waals surface area contributed by atoms with E-state index >= 15 is 0 Å². The molecule has 0 spiro atoms. The quantitative estimate of drug-likeness (QED) is 0.765. The highest BCUT2D eigenvalue weighted by atomic mass is 16.5. The molecule has 0 radical (unpaired) electrons. The van der Waals surface area contributed by atoms with E-state index in [4.69, 9.17) is 4.74 Å². The van der Waals surface area contributed by atoms with Gasteiger partial charge in [0.1, 0.15) is 11.4 Å². The lowest BCUT2D eigenvalue weighted by atomic mass is 9.92. The highest BCUT2D eigenvalue weighted by molar-refractivity contribution is 5.81. The minimum Gasteiger partial charge on any atom is -0.497 e. The van der Waals surface area contributed by atoms with E-state index in [1.165, 1.54) is 0 Å². The number of nitrogens with one attached hydrogen (secondary N) is 2. The standard InChI is InChI=1S/C21H25N3O3/c1-27-17-9-5-6-15(12-17)19-18(13-22-23-19)20(25)24-11-10-21(26,14-24)16-7-3-2-4-8-16/h2-9,12,18-19,22-23,26H,10-11,13-14H2,1H3. The molecule has 6 nitrogen and oxygen atoms in total. The second kappa shape index (κ2) is 7.31. The number of carbonyl (C=O) groups is 1. The number of amides is 1. The maximum atomic E-state index is 13.2. The van der Waals surface area contributed by atoms with Crippen LogP contribution in [0.4, 0.5) is 0 Å². The number of hydrogen-bond acceptors (Lipinski definition) is 5. The van der Waals surface area contributed by atoms with Gasteiger partial charge in [0, 0.05) is 13.1 Å². The Labute approximate surface area is 159 Å². The predicted octanol–water partition coefficient (Wildman–Crippen LogP) is 1.58. The van der Waals surface area contributed by atoms with Crippen molar-refractivity contribution in [1.29, 1.82) is 0 Å². The van der Waals surface area contributed by atoms with Gasteiger partial charge in [-0.1, -0.05) is 42.5 Å².